The standard InChI is InChI=1S/C13H13N5O3S/c19-10-8-6-1-2-7(3-6)9(8)11(20)18(10)4-14-12(21)16-13-17-15-5-22-13/h1-2,5-9H,3-4H2,(H2,14,16,17,21)/t6-,7-,8-,9+/m0/s1. The number of anilines is 1. The number of urea groups is 1. The molecular formula is C13H13N5O3S. The lowest BCUT2D eigenvalue weighted by Crippen LogP contribution is -2.43. The summed E-state index contributed by atoms with van der Waals surface area (Å²) in [7, 11) is 0. The average Bonchev–Trinajstić information content (AvgIpc) is 3.24. The van der Waals surface area contributed by atoms with Gasteiger partial charge in [0, 0.05) is 0 Å². The molecule has 2 fully saturated rings. The summed E-state index contributed by atoms with van der Waals surface area (Å²) >= 11 is 1.18. The fraction of sp³-hybridized carbons (Fsp3) is 0.462. The first-order chi connectivity index (χ1) is 10.6. The maximum atomic E-state index is 12.4. The number of amides is 4. The fourth-order valence-electron chi connectivity index (χ4n) is 3.64. The summed E-state index contributed by atoms with van der Waals surface area (Å²) in [5.41, 5.74) is 1.49. The van der Waals surface area contributed by atoms with Gasteiger partial charge in [-0.05, 0) is 18.3 Å². The van der Waals surface area contributed by atoms with E-state index in [0.717, 1.165) is 11.3 Å². The van der Waals surface area contributed by atoms with Gasteiger partial charge in [-0.3, -0.25) is 19.8 Å². The largest absolute Gasteiger partial charge is 0.322 e. The van der Waals surface area contributed by atoms with E-state index in [-0.39, 0.29) is 42.2 Å². The number of carbonyl (C=O) groups is 3. The van der Waals surface area contributed by atoms with Crippen molar-refractivity contribution in [2.75, 3.05) is 12.0 Å². The number of carbonyl (C=O) groups excluding carboxylic acids is 3. The van der Waals surface area contributed by atoms with Gasteiger partial charge < -0.3 is 5.32 Å². The van der Waals surface area contributed by atoms with E-state index in [2.05, 4.69) is 20.8 Å². The first-order valence-electron chi connectivity index (χ1n) is 6.99. The molecule has 2 N–H and O–H groups in total. The summed E-state index contributed by atoms with van der Waals surface area (Å²) < 4.78 is 0. The van der Waals surface area contributed by atoms with Gasteiger partial charge >= 0.3 is 6.03 Å². The first-order valence-corrected chi connectivity index (χ1v) is 7.87. The molecule has 114 valence electrons. The van der Waals surface area contributed by atoms with Crippen LogP contribution in [0.25, 0.3) is 0 Å². The molecule has 0 radical (unpaired) electrons. The number of imide groups is 1. The SMILES string of the molecule is O=C(NCN1C(=O)[C@@H]2[C@H](C1=O)[C@H]1C=C[C@H]2C1)Nc1nncs1. The highest BCUT2D eigenvalue weighted by atomic mass is 32.1. The molecule has 0 unspecified atom stereocenters. The maximum Gasteiger partial charge on any atom is 0.322 e. The molecule has 1 aromatic rings. The van der Waals surface area contributed by atoms with Gasteiger partial charge in [-0.2, -0.15) is 0 Å². The Kier molecular flexibility index (Phi) is 2.96. The van der Waals surface area contributed by atoms with Crippen LogP contribution in [0, 0.1) is 23.7 Å². The fourth-order valence-corrected chi connectivity index (χ4v) is 4.08. The van der Waals surface area contributed by atoms with Crippen molar-refractivity contribution in [1.82, 2.24) is 20.4 Å². The quantitative estimate of drug-likeness (QED) is 0.621. The summed E-state index contributed by atoms with van der Waals surface area (Å²) in [5.74, 6) is -0.490. The molecule has 3 aliphatic rings. The molecule has 1 saturated carbocycles. The van der Waals surface area contributed by atoms with Crippen molar-refractivity contribution in [3.05, 3.63) is 17.7 Å². The van der Waals surface area contributed by atoms with Crippen LogP contribution < -0.4 is 10.6 Å². The Hall–Kier alpha value is -2.29. The van der Waals surface area contributed by atoms with Crippen LogP contribution in [0.2, 0.25) is 0 Å². The number of hydrogen-bond acceptors (Lipinski definition) is 6. The van der Waals surface area contributed by atoms with E-state index in [0.29, 0.717) is 5.13 Å². The van der Waals surface area contributed by atoms with Gasteiger partial charge in [-0.15, -0.1) is 10.2 Å². The van der Waals surface area contributed by atoms with Crippen LogP contribution >= 0.6 is 11.3 Å². The topological polar surface area (TPSA) is 104 Å². The van der Waals surface area contributed by atoms with Crippen LogP contribution in [-0.4, -0.2) is 39.6 Å². The molecule has 4 atom stereocenters. The molecule has 9 heteroatoms. The number of nitrogens with zero attached hydrogens (tertiary/aromatic N) is 3. The second-order valence-electron chi connectivity index (χ2n) is 5.64. The van der Waals surface area contributed by atoms with Gasteiger partial charge in [0.1, 0.15) is 12.2 Å². The lowest BCUT2D eigenvalue weighted by molar-refractivity contribution is -0.140. The Bertz CT molecular complexity index is 643. The molecule has 4 amide bonds. The summed E-state index contributed by atoms with van der Waals surface area (Å²) in [4.78, 5) is 37.7. The van der Waals surface area contributed by atoms with E-state index < -0.39 is 6.03 Å². The molecule has 1 saturated heterocycles. The van der Waals surface area contributed by atoms with E-state index in [1.54, 1.807) is 0 Å². The van der Waals surface area contributed by atoms with Gasteiger partial charge in [-0.25, -0.2) is 4.79 Å². The summed E-state index contributed by atoms with van der Waals surface area (Å²) in [5, 5.41) is 12.6. The molecule has 2 bridgehead atoms. The van der Waals surface area contributed by atoms with Crippen molar-refractivity contribution >= 4 is 34.3 Å². The highest BCUT2D eigenvalue weighted by Gasteiger charge is 2.59. The van der Waals surface area contributed by atoms with E-state index in [9.17, 15) is 14.4 Å². The van der Waals surface area contributed by atoms with Gasteiger partial charge in [0.05, 0.1) is 11.8 Å². The molecule has 22 heavy (non-hydrogen) atoms. The maximum absolute atomic E-state index is 12.4. The predicted molar refractivity (Wildman–Crippen MR) is 76.5 cm³/mol. The normalized spacial score (nSPS) is 31.7. The summed E-state index contributed by atoms with van der Waals surface area (Å²) in [6.07, 6.45) is 4.97. The smallest absolute Gasteiger partial charge is 0.320 e. The number of fused-ring (bicyclic) bond motifs is 5. The van der Waals surface area contributed by atoms with Gasteiger partial charge in [-0.1, -0.05) is 23.5 Å². The Morgan fingerprint density at radius 2 is 1.95 bits per heavy atom. The third-order valence-electron chi connectivity index (χ3n) is 4.54. The van der Waals surface area contributed by atoms with E-state index in [1.807, 2.05) is 12.2 Å². The number of hydrogen-bond donors (Lipinski definition) is 2. The van der Waals surface area contributed by atoms with Crippen molar-refractivity contribution in [3.63, 3.8) is 0 Å². The average molecular weight is 319 g/mol. The van der Waals surface area contributed by atoms with Gasteiger partial charge in [0.15, 0.2) is 0 Å². The van der Waals surface area contributed by atoms with E-state index >= 15 is 0 Å². The molecule has 1 aliphatic heterocycles. The zero-order chi connectivity index (χ0) is 15.3. The molecule has 1 aromatic heterocycles. The van der Waals surface area contributed by atoms with Crippen molar-refractivity contribution in [3.8, 4) is 0 Å². The molecule has 0 aromatic carbocycles. The molecular weight excluding hydrogens is 306 g/mol. The van der Waals surface area contributed by atoms with Gasteiger partial charge in [0.2, 0.25) is 16.9 Å². The molecule has 0 spiro atoms. The van der Waals surface area contributed by atoms with Crippen LogP contribution in [0.1, 0.15) is 6.42 Å². The Labute approximate surface area is 129 Å². The number of rotatable bonds is 3. The lowest BCUT2D eigenvalue weighted by Gasteiger charge is -2.17. The Morgan fingerprint density at radius 1 is 1.27 bits per heavy atom. The monoisotopic (exact) mass is 319 g/mol. The molecule has 2 aliphatic carbocycles. The lowest BCUT2D eigenvalue weighted by atomic mass is 9.85. The second-order valence-corrected chi connectivity index (χ2v) is 6.47. The first kappa shape index (κ1) is 13.4. The predicted octanol–water partition coefficient (Wildman–Crippen LogP) is 0.424. The van der Waals surface area contributed by atoms with Crippen molar-refractivity contribution in [2.45, 2.75) is 6.42 Å². The van der Waals surface area contributed by atoms with Crippen molar-refractivity contribution < 1.29 is 14.4 Å². The molecule has 4 rings (SSSR count). The number of likely N-dealkylation sites (tertiary alicyclic amines) is 1. The molecule has 8 nitrogen and oxygen atoms in total. The van der Waals surface area contributed by atoms with Crippen LogP contribution in [-0.2, 0) is 9.59 Å². The minimum absolute atomic E-state index is 0.116. The number of nitrogens with one attached hydrogen (secondary N) is 2. The zero-order valence-corrected chi connectivity index (χ0v) is 12.2. The van der Waals surface area contributed by atoms with E-state index in [1.165, 1.54) is 16.8 Å². The van der Waals surface area contributed by atoms with E-state index in [4.69, 9.17) is 0 Å². The Balaban J connectivity index is 1.39. The minimum Gasteiger partial charge on any atom is -0.320 e. The Morgan fingerprint density at radius 3 is 2.55 bits per heavy atom. The van der Waals surface area contributed by atoms with Gasteiger partial charge in [0.25, 0.3) is 0 Å². The van der Waals surface area contributed by atoms with Crippen LogP contribution in [0.15, 0.2) is 17.7 Å². The van der Waals surface area contributed by atoms with Crippen LogP contribution in [0.4, 0.5) is 9.93 Å². The second kappa shape index (κ2) is 4.87. The zero-order valence-electron chi connectivity index (χ0n) is 11.4. The number of aromatic nitrogens is 2. The van der Waals surface area contributed by atoms with Crippen molar-refractivity contribution in [2.24, 2.45) is 23.7 Å². The number of allylic oxidation sites excluding steroid dienone is 2. The van der Waals surface area contributed by atoms with Crippen LogP contribution in [0.5, 0.6) is 0 Å². The third kappa shape index (κ3) is 1.92. The highest BCUT2D eigenvalue weighted by Crippen LogP contribution is 2.52. The molecule has 2 heterocycles. The third-order valence-corrected chi connectivity index (χ3v) is 5.15. The summed E-state index contributed by atoms with van der Waals surface area (Å²) in [6.45, 7) is -0.116. The minimum atomic E-state index is -0.518. The highest BCUT2D eigenvalue weighted by molar-refractivity contribution is 7.13. The summed E-state index contributed by atoms with van der Waals surface area (Å²) in [6, 6.07) is -0.518. The van der Waals surface area contributed by atoms with Crippen LogP contribution in [0.3, 0.4) is 0 Å². The van der Waals surface area contributed by atoms with Crippen molar-refractivity contribution in [1.29, 1.82) is 0 Å².